The summed E-state index contributed by atoms with van der Waals surface area (Å²) in [5.41, 5.74) is 2.08. The molecule has 1 aliphatic rings. The van der Waals surface area contributed by atoms with Gasteiger partial charge in [0.2, 0.25) is 5.91 Å². The maximum Gasteiger partial charge on any atom is 0.243 e. The first-order chi connectivity index (χ1) is 15.0. The number of fused-ring (bicyclic) bond motifs is 1. The van der Waals surface area contributed by atoms with Crippen molar-refractivity contribution in [3.63, 3.8) is 0 Å². The number of Topliss-reactive ketones (excluding diaryl/α,β-unsaturated/α-hetero) is 1. The standard InChI is InChI=1S/C23H21FN2O4S/c1-29-20-8-6-14(12-21(20)30-2)19(27)7-9-22(28)26-11-10-18(25-26)16-13-31-23-15(16)4-3-5-17(23)24/h3-6,8,12-13H,7,9-11H2,1-2H3. The Balaban J connectivity index is 1.42. The molecule has 1 amide bonds. The van der Waals surface area contributed by atoms with Crippen LogP contribution in [0.1, 0.15) is 35.2 Å². The van der Waals surface area contributed by atoms with Crippen LogP contribution >= 0.6 is 11.3 Å². The van der Waals surface area contributed by atoms with Crippen molar-refractivity contribution >= 4 is 38.8 Å². The Morgan fingerprint density at radius 1 is 1.13 bits per heavy atom. The highest BCUT2D eigenvalue weighted by Crippen LogP contribution is 2.31. The lowest BCUT2D eigenvalue weighted by Gasteiger charge is -2.11. The summed E-state index contributed by atoms with van der Waals surface area (Å²) >= 11 is 1.33. The van der Waals surface area contributed by atoms with E-state index in [9.17, 15) is 14.0 Å². The van der Waals surface area contributed by atoms with Gasteiger partial charge in [-0.1, -0.05) is 12.1 Å². The van der Waals surface area contributed by atoms with Crippen molar-refractivity contribution < 1.29 is 23.5 Å². The third-order valence-corrected chi connectivity index (χ3v) is 6.23. The van der Waals surface area contributed by atoms with Gasteiger partial charge in [-0.15, -0.1) is 11.3 Å². The Bertz CT molecular complexity index is 1190. The van der Waals surface area contributed by atoms with E-state index in [-0.39, 0.29) is 30.3 Å². The molecule has 0 N–H and O–H groups in total. The molecule has 6 nitrogen and oxygen atoms in total. The summed E-state index contributed by atoms with van der Waals surface area (Å²) in [5, 5.41) is 8.53. The molecule has 0 fully saturated rings. The summed E-state index contributed by atoms with van der Waals surface area (Å²) in [7, 11) is 3.03. The fourth-order valence-electron chi connectivity index (χ4n) is 3.58. The Labute approximate surface area is 182 Å². The van der Waals surface area contributed by atoms with Crippen LogP contribution in [0, 0.1) is 5.82 Å². The lowest BCUT2D eigenvalue weighted by atomic mass is 10.1. The van der Waals surface area contributed by atoms with Gasteiger partial charge in [0.25, 0.3) is 0 Å². The topological polar surface area (TPSA) is 68.2 Å². The average molecular weight is 440 g/mol. The average Bonchev–Trinajstić information content (AvgIpc) is 3.44. The highest BCUT2D eigenvalue weighted by Gasteiger charge is 2.24. The minimum absolute atomic E-state index is 0.0585. The number of methoxy groups -OCH3 is 2. The first-order valence-corrected chi connectivity index (χ1v) is 10.7. The van der Waals surface area contributed by atoms with E-state index in [1.54, 1.807) is 24.3 Å². The zero-order valence-corrected chi connectivity index (χ0v) is 18.0. The molecule has 0 unspecified atom stereocenters. The van der Waals surface area contributed by atoms with Crippen molar-refractivity contribution in [3.05, 3.63) is 58.7 Å². The van der Waals surface area contributed by atoms with E-state index in [0.717, 1.165) is 16.7 Å². The van der Waals surface area contributed by atoms with Crippen molar-refractivity contribution in [2.24, 2.45) is 5.10 Å². The Morgan fingerprint density at radius 2 is 1.94 bits per heavy atom. The van der Waals surface area contributed by atoms with Crippen LogP contribution in [0.2, 0.25) is 0 Å². The van der Waals surface area contributed by atoms with Crippen LogP contribution in [0.25, 0.3) is 10.1 Å². The Hall–Kier alpha value is -3.26. The molecule has 2 aromatic carbocycles. The van der Waals surface area contributed by atoms with E-state index in [1.165, 1.54) is 36.6 Å². The van der Waals surface area contributed by atoms with Crippen molar-refractivity contribution in [1.29, 1.82) is 0 Å². The number of hydrogen-bond donors (Lipinski definition) is 0. The number of nitrogens with zero attached hydrogens (tertiary/aromatic N) is 2. The fourth-order valence-corrected chi connectivity index (χ4v) is 4.56. The number of amides is 1. The summed E-state index contributed by atoms with van der Waals surface area (Å²) < 4.78 is 25.0. The molecule has 0 radical (unpaired) electrons. The number of ketones is 1. The van der Waals surface area contributed by atoms with Crippen molar-refractivity contribution in [3.8, 4) is 11.5 Å². The second kappa shape index (κ2) is 8.85. The summed E-state index contributed by atoms with van der Waals surface area (Å²) in [5.74, 6) is 0.378. The lowest BCUT2D eigenvalue weighted by molar-refractivity contribution is -0.130. The maximum absolute atomic E-state index is 14.0. The van der Waals surface area contributed by atoms with Crippen molar-refractivity contribution in [2.45, 2.75) is 19.3 Å². The highest BCUT2D eigenvalue weighted by molar-refractivity contribution is 7.17. The summed E-state index contributed by atoms with van der Waals surface area (Å²) in [6.07, 6.45) is 0.725. The van der Waals surface area contributed by atoms with Crippen molar-refractivity contribution in [1.82, 2.24) is 5.01 Å². The van der Waals surface area contributed by atoms with Gasteiger partial charge in [-0.05, 0) is 24.3 Å². The number of carbonyl (C=O) groups excluding carboxylic acids is 2. The van der Waals surface area contributed by atoms with Crippen LogP contribution in [0.3, 0.4) is 0 Å². The lowest BCUT2D eigenvalue weighted by Crippen LogP contribution is -2.23. The molecule has 3 aromatic rings. The summed E-state index contributed by atoms with van der Waals surface area (Å²) in [6, 6.07) is 9.90. The molecule has 2 heterocycles. The Morgan fingerprint density at radius 3 is 2.71 bits per heavy atom. The summed E-state index contributed by atoms with van der Waals surface area (Å²) in [6.45, 7) is 0.450. The molecule has 0 saturated carbocycles. The van der Waals surface area contributed by atoms with Crippen LogP contribution in [0.5, 0.6) is 11.5 Å². The van der Waals surface area contributed by atoms with Crippen LogP contribution in [-0.4, -0.2) is 43.2 Å². The van der Waals surface area contributed by atoms with E-state index in [4.69, 9.17) is 9.47 Å². The monoisotopic (exact) mass is 440 g/mol. The number of benzene rings is 2. The van der Waals surface area contributed by atoms with E-state index in [2.05, 4.69) is 5.10 Å². The van der Waals surface area contributed by atoms with E-state index < -0.39 is 0 Å². The van der Waals surface area contributed by atoms with E-state index in [1.807, 2.05) is 11.4 Å². The van der Waals surface area contributed by atoms with Gasteiger partial charge in [-0.25, -0.2) is 9.40 Å². The van der Waals surface area contributed by atoms with Gasteiger partial charge in [0.1, 0.15) is 5.82 Å². The molecule has 0 aliphatic carbocycles. The molecule has 31 heavy (non-hydrogen) atoms. The number of ether oxygens (including phenoxy) is 2. The first kappa shape index (κ1) is 21.0. The van der Waals surface area contributed by atoms with E-state index in [0.29, 0.717) is 34.7 Å². The van der Waals surface area contributed by atoms with E-state index >= 15 is 0 Å². The zero-order chi connectivity index (χ0) is 22.0. The van der Waals surface area contributed by atoms with Crippen LogP contribution in [0.4, 0.5) is 4.39 Å². The SMILES string of the molecule is COc1ccc(C(=O)CCC(=O)N2CCC(c3csc4c(F)cccc34)=N2)cc1OC. The number of carbonyl (C=O) groups is 2. The zero-order valence-electron chi connectivity index (χ0n) is 17.2. The molecule has 1 aliphatic heterocycles. The van der Waals surface area contributed by atoms with Gasteiger partial charge in [-0.2, -0.15) is 5.10 Å². The minimum atomic E-state index is -0.256. The fraction of sp³-hybridized carbons (Fsp3) is 0.261. The third-order valence-electron chi connectivity index (χ3n) is 5.22. The number of hydrazone groups is 1. The third kappa shape index (κ3) is 4.16. The first-order valence-electron chi connectivity index (χ1n) is 9.81. The second-order valence-electron chi connectivity index (χ2n) is 7.07. The number of halogens is 1. The maximum atomic E-state index is 14.0. The molecule has 160 valence electrons. The predicted molar refractivity (Wildman–Crippen MR) is 118 cm³/mol. The number of hydrogen-bond acceptors (Lipinski definition) is 6. The molecule has 0 bridgehead atoms. The largest absolute Gasteiger partial charge is 0.493 e. The molecular weight excluding hydrogens is 419 g/mol. The van der Waals surface area contributed by atoms with Gasteiger partial charge in [0.05, 0.1) is 31.2 Å². The highest BCUT2D eigenvalue weighted by atomic mass is 32.1. The summed E-state index contributed by atoms with van der Waals surface area (Å²) in [4.78, 5) is 25.1. The smallest absolute Gasteiger partial charge is 0.243 e. The number of thiophene rings is 1. The van der Waals surface area contributed by atoms with Crippen LogP contribution in [0.15, 0.2) is 46.9 Å². The van der Waals surface area contributed by atoms with Gasteiger partial charge in [-0.3, -0.25) is 9.59 Å². The Kier molecular flexibility index (Phi) is 5.99. The second-order valence-corrected chi connectivity index (χ2v) is 7.95. The quantitative estimate of drug-likeness (QED) is 0.501. The number of rotatable bonds is 7. The van der Waals surface area contributed by atoms with Gasteiger partial charge < -0.3 is 9.47 Å². The minimum Gasteiger partial charge on any atom is -0.493 e. The molecular formula is C23H21FN2O4S. The molecule has 1 aromatic heterocycles. The van der Waals surface area contributed by atoms with Crippen LogP contribution in [-0.2, 0) is 4.79 Å². The van der Waals surface area contributed by atoms with Gasteiger partial charge >= 0.3 is 0 Å². The molecule has 4 rings (SSSR count). The molecule has 0 saturated heterocycles. The predicted octanol–water partition coefficient (Wildman–Crippen LogP) is 4.66. The van der Waals surface area contributed by atoms with Crippen LogP contribution < -0.4 is 9.47 Å². The molecule has 8 heteroatoms. The normalized spacial score (nSPS) is 13.4. The molecule has 0 spiro atoms. The van der Waals surface area contributed by atoms with Gasteiger partial charge in [0.15, 0.2) is 17.3 Å². The van der Waals surface area contributed by atoms with Gasteiger partial charge in [0, 0.05) is 41.2 Å². The molecule has 0 atom stereocenters. The van der Waals surface area contributed by atoms with Crippen molar-refractivity contribution in [2.75, 3.05) is 20.8 Å².